The number of carbonyl (C=O) groups is 7. The highest BCUT2D eigenvalue weighted by Crippen LogP contribution is 2.65. The summed E-state index contributed by atoms with van der Waals surface area (Å²) in [4.78, 5) is 97.8. The number of imide groups is 1. The fourth-order valence-corrected chi connectivity index (χ4v) is 8.62. The molecule has 1 unspecified atom stereocenters. The van der Waals surface area contributed by atoms with Crippen molar-refractivity contribution in [2.45, 2.75) is 117 Å². The van der Waals surface area contributed by atoms with Gasteiger partial charge in [0.25, 0.3) is 17.7 Å². The van der Waals surface area contributed by atoms with Crippen molar-refractivity contribution in [2.75, 3.05) is 19.6 Å². The predicted octanol–water partition coefficient (Wildman–Crippen LogP) is 3.73. The number of carbonyl (C=O) groups excluding carboxylic acids is 7. The number of amides is 7. The minimum Gasteiger partial charge on any atom is -0.346 e. The first-order valence-corrected chi connectivity index (χ1v) is 19.0. The van der Waals surface area contributed by atoms with Crippen molar-refractivity contribution in [2.24, 2.45) is 22.7 Å². The van der Waals surface area contributed by atoms with Crippen LogP contribution in [0.25, 0.3) is 0 Å². The van der Waals surface area contributed by atoms with Gasteiger partial charge >= 0.3 is 6.03 Å². The monoisotopic (exact) mass is 732 g/mol. The molecule has 0 bridgehead atoms. The van der Waals surface area contributed by atoms with E-state index in [1.165, 1.54) is 15.9 Å². The van der Waals surface area contributed by atoms with Gasteiger partial charge in [0.05, 0.1) is 29.3 Å². The smallest absolute Gasteiger partial charge is 0.315 e. The van der Waals surface area contributed by atoms with E-state index in [1.54, 1.807) is 24.3 Å². The maximum absolute atomic E-state index is 14.6. The van der Waals surface area contributed by atoms with Crippen LogP contribution in [0.1, 0.15) is 114 Å². The van der Waals surface area contributed by atoms with E-state index in [1.807, 2.05) is 27.7 Å². The van der Waals surface area contributed by atoms with Crippen molar-refractivity contribution in [1.29, 1.82) is 0 Å². The molecular formula is C40H56N6O7. The Balaban J connectivity index is 1.34. The Kier molecular flexibility index (Phi) is 11.5. The zero-order valence-electron chi connectivity index (χ0n) is 32.0. The minimum atomic E-state index is -1.05. The molecule has 0 aromatic heterocycles. The summed E-state index contributed by atoms with van der Waals surface area (Å²) >= 11 is 0. The SMILES string of the molecule is C=CCNC(=O)C(=O)C(CCCC)NC(=O)[C@@H]1[C@@H]2[C@H](CN1C(=O)[C@@H](NC(=O)NC1(CN3C(=O)c4ccccc4C3=O)CCCCC1)C(C)(C)C)C2(C)C. The molecule has 4 N–H and O–H groups in total. The maximum atomic E-state index is 14.6. The van der Waals surface area contributed by atoms with Gasteiger partial charge in [0.2, 0.25) is 17.6 Å². The number of piperidine rings is 1. The fraction of sp³-hybridized carbons (Fsp3) is 0.625. The lowest BCUT2D eigenvalue weighted by molar-refractivity contribution is -0.145. The minimum absolute atomic E-state index is 0.0112. The van der Waals surface area contributed by atoms with Crippen molar-refractivity contribution in [3.05, 3.63) is 48.0 Å². The van der Waals surface area contributed by atoms with Crippen LogP contribution in [0.15, 0.2) is 36.9 Å². The molecule has 2 saturated carbocycles. The van der Waals surface area contributed by atoms with Gasteiger partial charge in [-0.3, -0.25) is 33.7 Å². The molecule has 7 amide bonds. The highest BCUT2D eigenvalue weighted by molar-refractivity contribution is 6.38. The molecule has 13 nitrogen and oxygen atoms in total. The molecule has 1 aromatic carbocycles. The van der Waals surface area contributed by atoms with Gasteiger partial charge in [-0.2, -0.15) is 0 Å². The number of unbranched alkanes of at least 4 members (excludes halogenated alkanes) is 1. The molecule has 53 heavy (non-hydrogen) atoms. The third-order valence-corrected chi connectivity index (χ3v) is 11.8. The molecule has 5 rings (SSSR count). The van der Waals surface area contributed by atoms with E-state index in [9.17, 15) is 33.6 Å². The van der Waals surface area contributed by atoms with Gasteiger partial charge in [0, 0.05) is 13.1 Å². The number of fused-ring (bicyclic) bond motifs is 2. The summed E-state index contributed by atoms with van der Waals surface area (Å²) < 4.78 is 0. The Morgan fingerprint density at radius 3 is 2.17 bits per heavy atom. The van der Waals surface area contributed by atoms with E-state index >= 15 is 0 Å². The van der Waals surface area contributed by atoms with Crippen LogP contribution in [0.4, 0.5) is 4.79 Å². The van der Waals surface area contributed by atoms with Gasteiger partial charge in [0.1, 0.15) is 12.1 Å². The quantitative estimate of drug-likeness (QED) is 0.128. The Morgan fingerprint density at radius 2 is 1.60 bits per heavy atom. The Labute approximate surface area is 312 Å². The normalized spacial score (nSPS) is 23.6. The van der Waals surface area contributed by atoms with Crippen LogP contribution in [0.5, 0.6) is 0 Å². The van der Waals surface area contributed by atoms with Crippen LogP contribution in [0.2, 0.25) is 0 Å². The zero-order valence-corrected chi connectivity index (χ0v) is 32.0. The molecule has 3 fully saturated rings. The average molecular weight is 733 g/mol. The molecule has 2 heterocycles. The van der Waals surface area contributed by atoms with E-state index in [2.05, 4.69) is 41.7 Å². The van der Waals surface area contributed by atoms with Crippen molar-refractivity contribution < 1.29 is 33.6 Å². The summed E-state index contributed by atoms with van der Waals surface area (Å²) in [5, 5.41) is 11.3. The van der Waals surface area contributed by atoms with E-state index < -0.39 is 70.4 Å². The first-order chi connectivity index (χ1) is 25.0. The molecule has 288 valence electrons. The largest absolute Gasteiger partial charge is 0.346 e. The van der Waals surface area contributed by atoms with Crippen LogP contribution < -0.4 is 21.3 Å². The first-order valence-electron chi connectivity index (χ1n) is 19.0. The number of nitrogens with zero attached hydrogens (tertiary/aromatic N) is 2. The van der Waals surface area contributed by atoms with E-state index in [4.69, 9.17) is 0 Å². The van der Waals surface area contributed by atoms with E-state index in [-0.39, 0.29) is 36.8 Å². The summed E-state index contributed by atoms with van der Waals surface area (Å²) in [6.07, 6.45) is 6.75. The number of Topliss-reactive ketones (excluding diaryl/α,β-unsaturated/α-hetero) is 1. The summed E-state index contributed by atoms with van der Waals surface area (Å²) in [7, 11) is 0. The van der Waals surface area contributed by atoms with Gasteiger partial charge in [-0.15, -0.1) is 6.58 Å². The number of nitrogens with one attached hydrogen (secondary N) is 4. The molecule has 5 atom stereocenters. The molecule has 1 aromatic rings. The Hall–Kier alpha value is -4.55. The van der Waals surface area contributed by atoms with E-state index in [0.717, 1.165) is 25.7 Å². The fourth-order valence-electron chi connectivity index (χ4n) is 8.62. The summed E-state index contributed by atoms with van der Waals surface area (Å²) in [5.74, 6) is -3.38. The molecule has 0 spiro atoms. The van der Waals surface area contributed by atoms with Gasteiger partial charge in [-0.25, -0.2) is 4.79 Å². The highest BCUT2D eigenvalue weighted by Gasteiger charge is 2.70. The third-order valence-electron chi connectivity index (χ3n) is 11.8. The molecule has 2 aliphatic carbocycles. The molecule has 4 aliphatic rings. The number of urea groups is 1. The first kappa shape index (κ1) is 39.7. The molecular weight excluding hydrogens is 676 g/mol. The number of benzene rings is 1. The molecule has 2 aliphatic heterocycles. The van der Waals surface area contributed by atoms with E-state index in [0.29, 0.717) is 36.9 Å². The van der Waals surface area contributed by atoms with Crippen molar-refractivity contribution in [1.82, 2.24) is 31.1 Å². The molecule has 13 heteroatoms. The van der Waals surface area contributed by atoms with Gasteiger partial charge in [-0.05, 0) is 54.1 Å². The van der Waals surface area contributed by atoms with Crippen molar-refractivity contribution >= 4 is 41.4 Å². The highest BCUT2D eigenvalue weighted by atomic mass is 16.2. The maximum Gasteiger partial charge on any atom is 0.315 e. The van der Waals surface area contributed by atoms with Gasteiger partial charge < -0.3 is 26.2 Å². The van der Waals surface area contributed by atoms with Crippen LogP contribution in [0, 0.1) is 22.7 Å². The van der Waals surface area contributed by atoms with Crippen molar-refractivity contribution in [3.8, 4) is 0 Å². The number of likely N-dealkylation sites (tertiary alicyclic amines) is 1. The summed E-state index contributed by atoms with van der Waals surface area (Å²) in [5.41, 5.74) is -1.20. The Morgan fingerprint density at radius 1 is 0.981 bits per heavy atom. The lowest BCUT2D eigenvalue weighted by Gasteiger charge is -2.42. The topological polar surface area (TPSA) is 174 Å². The van der Waals surface area contributed by atoms with Gasteiger partial charge in [0.15, 0.2) is 0 Å². The molecule has 0 radical (unpaired) electrons. The van der Waals surface area contributed by atoms with Crippen LogP contribution in [-0.4, -0.2) is 94.4 Å². The summed E-state index contributed by atoms with van der Waals surface area (Å²) in [6.45, 7) is 15.6. The Bertz CT molecular complexity index is 1620. The summed E-state index contributed by atoms with van der Waals surface area (Å²) in [6, 6.07) is 3.09. The second-order valence-electron chi connectivity index (χ2n) is 16.9. The third kappa shape index (κ3) is 8.03. The van der Waals surface area contributed by atoms with Crippen molar-refractivity contribution in [3.63, 3.8) is 0 Å². The van der Waals surface area contributed by atoms with Crippen LogP contribution >= 0.6 is 0 Å². The van der Waals surface area contributed by atoms with Crippen LogP contribution in [-0.2, 0) is 19.2 Å². The second kappa shape index (κ2) is 15.4. The number of hydrogen-bond acceptors (Lipinski definition) is 7. The standard InChI is InChI=1S/C40H56N6O7/c1-8-10-18-27(30(47)33(49)41-21-9-2)42-32(48)29-28-26(39(28,6)7)22-45(29)36(52)31(38(3,4)5)43-37(53)44-40(19-14-11-15-20-40)23-46-34(50)24-16-12-13-17-25(24)35(46)51/h9,12-13,16-17,26-29,31H,2,8,10-11,14-15,18-23H2,1,3-7H3,(H,41,49)(H,42,48)(H2,43,44,53)/t26-,27?,28-,29-,31+/m0/s1. The zero-order chi connectivity index (χ0) is 38.9. The predicted molar refractivity (Wildman–Crippen MR) is 198 cm³/mol. The lowest BCUT2D eigenvalue weighted by Crippen LogP contribution is -2.64. The second-order valence-corrected chi connectivity index (χ2v) is 16.9. The number of hydrogen-bond donors (Lipinski definition) is 4. The number of rotatable bonds is 14. The van der Waals surface area contributed by atoms with Gasteiger partial charge in [-0.1, -0.05) is 91.9 Å². The average Bonchev–Trinajstić information content (AvgIpc) is 3.36. The number of ketones is 1. The molecule has 1 saturated heterocycles. The van der Waals surface area contributed by atoms with Crippen LogP contribution in [0.3, 0.4) is 0 Å². The lowest BCUT2D eigenvalue weighted by atomic mass is 9.81.